The summed E-state index contributed by atoms with van der Waals surface area (Å²) in [6, 6.07) is 13.7. The average Bonchev–Trinajstić information content (AvgIpc) is 3.17. The number of rotatable bonds is 7. The van der Waals surface area contributed by atoms with Crippen molar-refractivity contribution in [3.63, 3.8) is 0 Å². The molecule has 1 N–H and O–H groups in total. The summed E-state index contributed by atoms with van der Waals surface area (Å²) in [5.41, 5.74) is 1.35. The van der Waals surface area contributed by atoms with Crippen molar-refractivity contribution in [3.05, 3.63) is 65.5 Å². The lowest BCUT2D eigenvalue weighted by atomic mass is 10.1. The number of para-hydroxylation sites is 1. The molecule has 9 nitrogen and oxygen atoms in total. The van der Waals surface area contributed by atoms with Crippen LogP contribution in [0.1, 0.15) is 26.5 Å². The van der Waals surface area contributed by atoms with Crippen LogP contribution in [0.25, 0.3) is 5.69 Å². The lowest BCUT2D eigenvalue weighted by molar-refractivity contribution is -0.113. The van der Waals surface area contributed by atoms with Gasteiger partial charge in [-0.3, -0.25) is 9.36 Å². The van der Waals surface area contributed by atoms with Crippen LogP contribution in [0.2, 0.25) is 0 Å². The van der Waals surface area contributed by atoms with E-state index >= 15 is 0 Å². The molecule has 3 aromatic rings. The first-order valence-electron chi connectivity index (χ1n) is 9.15. The van der Waals surface area contributed by atoms with Gasteiger partial charge < -0.3 is 14.8 Å². The molecule has 0 bridgehead atoms. The summed E-state index contributed by atoms with van der Waals surface area (Å²) in [7, 11) is 2.48. The molecular weight excluding hydrogens is 420 g/mol. The number of hydrogen-bond acceptors (Lipinski definition) is 8. The maximum Gasteiger partial charge on any atom is 0.339 e. The largest absolute Gasteiger partial charge is 0.465 e. The molecule has 0 aliphatic rings. The summed E-state index contributed by atoms with van der Waals surface area (Å²) in [4.78, 5) is 36.4. The highest BCUT2D eigenvalue weighted by Gasteiger charge is 2.18. The minimum absolute atomic E-state index is 0.00797. The van der Waals surface area contributed by atoms with E-state index in [9.17, 15) is 14.4 Å². The number of hydrogen-bond donors (Lipinski definition) is 1. The Labute approximate surface area is 182 Å². The fourth-order valence-corrected chi connectivity index (χ4v) is 3.61. The number of aryl methyl sites for hydroxylation is 1. The van der Waals surface area contributed by atoms with Gasteiger partial charge in [-0.15, -0.1) is 10.2 Å². The van der Waals surface area contributed by atoms with Crippen molar-refractivity contribution >= 4 is 35.3 Å². The van der Waals surface area contributed by atoms with E-state index in [4.69, 9.17) is 9.47 Å². The Kier molecular flexibility index (Phi) is 7.03. The Morgan fingerprint density at radius 3 is 2.39 bits per heavy atom. The lowest BCUT2D eigenvalue weighted by Crippen LogP contribution is -2.18. The number of thioether (sulfide) groups is 1. The summed E-state index contributed by atoms with van der Waals surface area (Å²) in [6.45, 7) is 1.82. The van der Waals surface area contributed by atoms with E-state index in [1.54, 1.807) is 0 Å². The Balaban J connectivity index is 1.77. The highest BCUT2D eigenvalue weighted by atomic mass is 32.2. The first-order valence-corrected chi connectivity index (χ1v) is 10.1. The second-order valence-electron chi connectivity index (χ2n) is 6.28. The minimum atomic E-state index is -0.640. The van der Waals surface area contributed by atoms with Crippen molar-refractivity contribution in [1.82, 2.24) is 14.8 Å². The van der Waals surface area contributed by atoms with Gasteiger partial charge in [-0.2, -0.15) is 0 Å². The van der Waals surface area contributed by atoms with E-state index in [0.717, 1.165) is 5.69 Å². The Hall–Kier alpha value is -3.66. The van der Waals surface area contributed by atoms with Gasteiger partial charge >= 0.3 is 11.9 Å². The van der Waals surface area contributed by atoms with Gasteiger partial charge in [0.25, 0.3) is 0 Å². The molecule has 0 aliphatic carbocycles. The van der Waals surface area contributed by atoms with E-state index in [2.05, 4.69) is 15.5 Å². The van der Waals surface area contributed by atoms with Crippen molar-refractivity contribution in [2.24, 2.45) is 0 Å². The second-order valence-corrected chi connectivity index (χ2v) is 7.22. The van der Waals surface area contributed by atoms with Crippen molar-refractivity contribution in [1.29, 1.82) is 0 Å². The number of methoxy groups -OCH3 is 2. The summed E-state index contributed by atoms with van der Waals surface area (Å²) >= 11 is 1.19. The Morgan fingerprint density at radius 1 is 1.00 bits per heavy atom. The predicted octanol–water partition coefficient (Wildman–Crippen LogP) is 2.88. The van der Waals surface area contributed by atoms with Crippen molar-refractivity contribution in [3.8, 4) is 5.69 Å². The summed E-state index contributed by atoms with van der Waals surface area (Å²) in [6.07, 6.45) is 0. The van der Waals surface area contributed by atoms with E-state index < -0.39 is 17.8 Å². The molecule has 0 fully saturated rings. The third-order valence-electron chi connectivity index (χ3n) is 4.26. The van der Waals surface area contributed by atoms with Gasteiger partial charge in [0.15, 0.2) is 5.16 Å². The number of aromatic nitrogens is 3. The molecule has 0 saturated carbocycles. The minimum Gasteiger partial charge on any atom is -0.465 e. The zero-order valence-corrected chi connectivity index (χ0v) is 17.9. The van der Waals surface area contributed by atoms with Crippen LogP contribution in [0.15, 0.2) is 53.7 Å². The van der Waals surface area contributed by atoms with E-state index in [0.29, 0.717) is 11.0 Å². The maximum atomic E-state index is 12.6. The summed E-state index contributed by atoms with van der Waals surface area (Å²) < 4.78 is 11.3. The number of benzene rings is 2. The van der Waals surface area contributed by atoms with E-state index in [1.165, 1.54) is 44.2 Å². The van der Waals surface area contributed by atoms with Gasteiger partial charge in [0.05, 0.1) is 36.8 Å². The van der Waals surface area contributed by atoms with Gasteiger partial charge in [-0.25, -0.2) is 9.59 Å². The third-order valence-corrected chi connectivity index (χ3v) is 5.19. The van der Waals surface area contributed by atoms with Gasteiger partial charge in [0, 0.05) is 5.69 Å². The molecule has 0 atom stereocenters. The quantitative estimate of drug-likeness (QED) is 0.441. The first-order chi connectivity index (χ1) is 14.9. The highest BCUT2D eigenvalue weighted by molar-refractivity contribution is 7.99. The zero-order chi connectivity index (χ0) is 22.4. The third kappa shape index (κ3) is 5.10. The van der Waals surface area contributed by atoms with Crippen LogP contribution in [0.4, 0.5) is 5.69 Å². The second kappa shape index (κ2) is 9.90. The molecule has 1 heterocycles. The van der Waals surface area contributed by atoms with Crippen molar-refractivity contribution in [2.45, 2.75) is 12.1 Å². The topological polar surface area (TPSA) is 112 Å². The Bertz CT molecular complexity index is 1110. The number of anilines is 1. The summed E-state index contributed by atoms with van der Waals surface area (Å²) in [5.74, 6) is -0.926. The van der Waals surface area contributed by atoms with Crippen LogP contribution in [-0.2, 0) is 14.3 Å². The van der Waals surface area contributed by atoms with Gasteiger partial charge in [-0.1, -0.05) is 30.0 Å². The number of nitrogens with zero attached hydrogens (tertiary/aromatic N) is 3. The van der Waals surface area contributed by atoms with Crippen molar-refractivity contribution in [2.75, 3.05) is 25.3 Å². The molecule has 0 saturated heterocycles. The molecule has 0 radical (unpaired) electrons. The highest BCUT2D eigenvalue weighted by Crippen LogP contribution is 2.23. The van der Waals surface area contributed by atoms with Crippen LogP contribution in [0, 0.1) is 6.92 Å². The molecule has 1 amide bonds. The number of ether oxygens (including phenoxy) is 2. The van der Waals surface area contributed by atoms with Crippen LogP contribution >= 0.6 is 11.8 Å². The SMILES string of the molecule is COC(=O)c1ccc(C(=O)OC)c(NC(=O)CSc2nnc(C)n2-c2ccccc2)c1. The monoisotopic (exact) mass is 440 g/mol. The van der Waals surface area contributed by atoms with Gasteiger partial charge in [0.2, 0.25) is 5.91 Å². The van der Waals surface area contributed by atoms with Crippen LogP contribution in [-0.4, -0.2) is 52.6 Å². The molecule has 1 aromatic heterocycles. The Morgan fingerprint density at radius 2 is 1.71 bits per heavy atom. The smallest absolute Gasteiger partial charge is 0.339 e. The van der Waals surface area contributed by atoms with E-state index in [1.807, 2.05) is 41.8 Å². The molecule has 0 aliphatic heterocycles. The number of amides is 1. The molecule has 3 rings (SSSR count). The normalized spacial score (nSPS) is 10.4. The summed E-state index contributed by atoms with van der Waals surface area (Å²) in [5, 5.41) is 11.4. The molecule has 160 valence electrons. The van der Waals surface area contributed by atoms with Crippen LogP contribution in [0.3, 0.4) is 0 Å². The molecular formula is C21H20N4O5S. The van der Waals surface area contributed by atoms with Crippen molar-refractivity contribution < 1.29 is 23.9 Å². The predicted molar refractivity (Wildman–Crippen MR) is 115 cm³/mol. The number of nitrogens with one attached hydrogen (secondary N) is 1. The first kappa shape index (κ1) is 22.0. The number of carbonyl (C=O) groups excluding carboxylic acids is 3. The average molecular weight is 440 g/mol. The van der Waals surface area contributed by atoms with E-state index in [-0.39, 0.29) is 22.6 Å². The van der Waals surface area contributed by atoms with Gasteiger partial charge in [-0.05, 0) is 37.3 Å². The van der Waals surface area contributed by atoms with Crippen LogP contribution in [0.5, 0.6) is 0 Å². The zero-order valence-electron chi connectivity index (χ0n) is 17.1. The molecule has 31 heavy (non-hydrogen) atoms. The van der Waals surface area contributed by atoms with Crippen LogP contribution < -0.4 is 5.32 Å². The molecule has 2 aromatic carbocycles. The molecule has 0 spiro atoms. The molecule has 0 unspecified atom stereocenters. The lowest BCUT2D eigenvalue weighted by Gasteiger charge is -2.12. The number of carbonyl (C=O) groups is 3. The maximum absolute atomic E-state index is 12.6. The molecule has 10 heteroatoms. The number of esters is 2. The fraction of sp³-hybridized carbons (Fsp3) is 0.190. The standard InChI is InChI=1S/C21H20N4O5S/c1-13-23-24-21(25(13)15-7-5-4-6-8-15)31-12-18(26)22-17-11-14(19(27)29-2)9-10-16(17)20(28)30-3/h4-11H,12H2,1-3H3,(H,22,26). The fourth-order valence-electron chi connectivity index (χ4n) is 2.81. The van der Waals surface area contributed by atoms with Gasteiger partial charge in [0.1, 0.15) is 5.82 Å².